The molecule has 1 unspecified atom stereocenters. The summed E-state index contributed by atoms with van der Waals surface area (Å²) in [7, 11) is 3.48. The van der Waals surface area contributed by atoms with Crippen molar-refractivity contribution in [3.63, 3.8) is 0 Å². The summed E-state index contributed by atoms with van der Waals surface area (Å²) < 4.78 is 0. The zero-order chi connectivity index (χ0) is 12.8. The zero-order valence-corrected chi connectivity index (χ0v) is 10.7. The van der Waals surface area contributed by atoms with E-state index in [9.17, 15) is 9.59 Å². The first-order chi connectivity index (χ1) is 8.02. The third-order valence-electron chi connectivity index (χ3n) is 3.23. The Morgan fingerprint density at radius 2 is 2.06 bits per heavy atom. The summed E-state index contributed by atoms with van der Waals surface area (Å²) in [4.78, 5) is 26.0. The van der Waals surface area contributed by atoms with E-state index in [1.54, 1.807) is 19.0 Å². The molecule has 1 aliphatic rings. The highest BCUT2D eigenvalue weighted by Gasteiger charge is 2.27. The number of rotatable bonds is 5. The lowest BCUT2D eigenvalue weighted by Crippen LogP contribution is -2.45. The van der Waals surface area contributed by atoms with Gasteiger partial charge in [0.25, 0.3) is 0 Å². The van der Waals surface area contributed by atoms with E-state index >= 15 is 0 Å². The van der Waals surface area contributed by atoms with Crippen LogP contribution >= 0.6 is 0 Å². The predicted molar refractivity (Wildman–Crippen MR) is 64.8 cm³/mol. The maximum Gasteiger partial charge on any atom is 0.320 e. The predicted octanol–water partition coefficient (Wildman–Crippen LogP) is 0.794. The Balaban J connectivity index is 2.33. The van der Waals surface area contributed by atoms with Gasteiger partial charge < -0.3 is 10.0 Å². The highest BCUT2D eigenvalue weighted by Crippen LogP contribution is 2.17. The number of carboxylic acid groups (broad SMARTS) is 1. The molecule has 1 heterocycles. The normalized spacial score (nSPS) is 21.2. The molecule has 17 heavy (non-hydrogen) atoms. The average Bonchev–Trinajstić information content (AvgIpc) is 2.29. The van der Waals surface area contributed by atoms with Gasteiger partial charge in [0.15, 0.2) is 0 Å². The second-order valence-electron chi connectivity index (χ2n) is 4.78. The number of hydrogen-bond acceptors (Lipinski definition) is 3. The molecule has 1 N–H and O–H groups in total. The number of nitrogens with zero attached hydrogens (tertiary/aromatic N) is 2. The Morgan fingerprint density at radius 1 is 1.35 bits per heavy atom. The molecule has 0 aromatic heterocycles. The van der Waals surface area contributed by atoms with Crippen molar-refractivity contribution in [2.75, 3.05) is 27.2 Å². The Labute approximate surface area is 102 Å². The number of likely N-dealkylation sites (tertiary alicyclic amines) is 1. The van der Waals surface area contributed by atoms with E-state index in [0.717, 1.165) is 32.2 Å². The Hall–Kier alpha value is -1.10. The van der Waals surface area contributed by atoms with Crippen molar-refractivity contribution in [3.8, 4) is 0 Å². The maximum atomic E-state index is 11.4. The lowest BCUT2D eigenvalue weighted by molar-refractivity contribution is -0.144. The third kappa shape index (κ3) is 4.34. The molecule has 5 nitrogen and oxygen atoms in total. The van der Waals surface area contributed by atoms with Gasteiger partial charge >= 0.3 is 5.97 Å². The first kappa shape index (κ1) is 14.0. The molecule has 1 amide bonds. The van der Waals surface area contributed by atoms with E-state index in [0.29, 0.717) is 13.0 Å². The van der Waals surface area contributed by atoms with Crippen molar-refractivity contribution in [1.82, 2.24) is 9.80 Å². The summed E-state index contributed by atoms with van der Waals surface area (Å²) in [5, 5.41) is 9.09. The summed E-state index contributed by atoms with van der Waals surface area (Å²) in [5.74, 6) is -0.627. The number of amides is 1. The summed E-state index contributed by atoms with van der Waals surface area (Å²) in [6, 6.07) is -0.349. The van der Waals surface area contributed by atoms with E-state index < -0.39 is 5.97 Å². The van der Waals surface area contributed by atoms with Crippen molar-refractivity contribution in [2.24, 2.45) is 0 Å². The Bertz CT molecular complexity index is 279. The molecule has 0 radical (unpaired) electrons. The Kier molecular flexibility index (Phi) is 5.41. The first-order valence-electron chi connectivity index (χ1n) is 6.19. The van der Waals surface area contributed by atoms with Crippen molar-refractivity contribution in [1.29, 1.82) is 0 Å². The highest BCUT2D eigenvalue weighted by molar-refractivity contribution is 5.75. The van der Waals surface area contributed by atoms with Crippen molar-refractivity contribution in [2.45, 2.75) is 38.1 Å². The average molecular weight is 242 g/mol. The van der Waals surface area contributed by atoms with Crippen LogP contribution in [0.5, 0.6) is 0 Å². The fourth-order valence-electron chi connectivity index (χ4n) is 2.20. The van der Waals surface area contributed by atoms with Crippen LogP contribution in [0, 0.1) is 0 Å². The summed E-state index contributed by atoms with van der Waals surface area (Å²) >= 11 is 0. The van der Waals surface area contributed by atoms with Crippen LogP contribution in [0.25, 0.3) is 0 Å². The largest absolute Gasteiger partial charge is 0.480 e. The molecule has 1 fully saturated rings. The first-order valence-corrected chi connectivity index (χ1v) is 6.19. The SMILES string of the molecule is CN(C)C(=O)CCCN1CCCCC1C(=O)O. The van der Waals surface area contributed by atoms with Gasteiger partial charge in [-0.15, -0.1) is 0 Å². The van der Waals surface area contributed by atoms with Gasteiger partial charge in [-0.25, -0.2) is 0 Å². The van der Waals surface area contributed by atoms with Crippen LogP contribution in [0.1, 0.15) is 32.1 Å². The zero-order valence-electron chi connectivity index (χ0n) is 10.7. The minimum atomic E-state index is -0.733. The molecular weight excluding hydrogens is 220 g/mol. The number of aliphatic carboxylic acids is 1. The Morgan fingerprint density at radius 3 is 2.65 bits per heavy atom. The minimum absolute atomic E-state index is 0.105. The molecule has 1 aliphatic heterocycles. The number of hydrogen-bond donors (Lipinski definition) is 1. The monoisotopic (exact) mass is 242 g/mol. The number of carbonyl (C=O) groups excluding carboxylic acids is 1. The molecule has 1 atom stereocenters. The van der Waals surface area contributed by atoms with Gasteiger partial charge in [0.05, 0.1) is 0 Å². The summed E-state index contributed by atoms with van der Waals surface area (Å²) in [6.45, 7) is 1.55. The molecule has 0 aromatic carbocycles. The molecule has 1 saturated heterocycles. The van der Waals surface area contributed by atoms with Crippen LogP contribution in [0.15, 0.2) is 0 Å². The van der Waals surface area contributed by atoms with Gasteiger partial charge in [0.2, 0.25) is 5.91 Å². The number of piperidine rings is 1. The van der Waals surface area contributed by atoms with Crippen LogP contribution in [0.4, 0.5) is 0 Å². The topological polar surface area (TPSA) is 60.9 Å². The van der Waals surface area contributed by atoms with Gasteiger partial charge in [0, 0.05) is 20.5 Å². The lowest BCUT2D eigenvalue weighted by Gasteiger charge is -2.32. The quantitative estimate of drug-likeness (QED) is 0.774. The van der Waals surface area contributed by atoms with E-state index in [1.165, 1.54) is 0 Å². The van der Waals surface area contributed by atoms with Crippen LogP contribution in [-0.2, 0) is 9.59 Å². The van der Waals surface area contributed by atoms with E-state index in [-0.39, 0.29) is 11.9 Å². The van der Waals surface area contributed by atoms with Crippen molar-refractivity contribution < 1.29 is 14.7 Å². The van der Waals surface area contributed by atoms with Gasteiger partial charge in [0.1, 0.15) is 6.04 Å². The second-order valence-corrected chi connectivity index (χ2v) is 4.78. The number of carboxylic acids is 1. The molecule has 5 heteroatoms. The maximum absolute atomic E-state index is 11.4. The highest BCUT2D eigenvalue weighted by atomic mass is 16.4. The third-order valence-corrected chi connectivity index (χ3v) is 3.23. The lowest BCUT2D eigenvalue weighted by atomic mass is 10.0. The molecule has 0 aliphatic carbocycles. The molecule has 0 saturated carbocycles. The smallest absolute Gasteiger partial charge is 0.320 e. The molecule has 0 bridgehead atoms. The molecule has 98 valence electrons. The van der Waals surface area contributed by atoms with Crippen LogP contribution < -0.4 is 0 Å². The summed E-state index contributed by atoms with van der Waals surface area (Å²) in [6.07, 6.45) is 4.02. The fraction of sp³-hybridized carbons (Fsp3) is 0.833. The van der Waals surface area contributed by atoms with Gasteiger partial charge in [-0.1, -0.05) is 6.42 Å². The summed E-state index contributed by atoms with van der Waals surface area (Å²) in [5.41, 5.74) is 0. The van der Waals surface area contributed by atoms with E-state index in [4.69, 9.17) is 5.11 Å². The molecule has 0 spiro atoms. The van der Waals surface area contributed by atoms with Crippen LogP contribution in [0.3, 0.4) is 0 Å². The molecular formula is C12H22N2O3. The van der Waals surface area contributed by atoms with Crippen molar-refractivity contribution >= 4 is 11.9 Å². The van der Waals surface area contributed by atoms with E-state index in [1.807, 2.05) is 4.90 Å². The second kappa shape index (κ2) is 6.59. The van der Waals surface area contributed by atoms with E-state index in [2.05, 4.69) is 0 Å². The van der Waals surface area contributed by atoms with Gasteiger partial charge in [-0.05, 0) is 32.4 Å². The van der Waals surface area contributed by atoms with Gasteiger partial charge in [-0.2, -0.15) is 0 Å². The van der Waals surface area contributed by atoms with Crippen molar-refractivity contribution in [3.05, 3.63) is 0 Å². The van der Waals surface area contributed by atoms with Gasteiger partial charge in [-0.3, -0.25) is 14.5 Å². The number of carbonyl (C=O) groups is 2. The van der Waals surface area contributed by atoms with Crippen LogP contribution in [-0.4, -0.2) is 60.0 Å². The standard InChI is InChI=1S/C12H22N2O3/c1-13(2)11(15)7-5-9-14-8-4-3-6-10(14)12(16)17/h10H,3-9H2,1-2H3,(H,16,17). The van der Waals surface area contributed by atoms with Crippen LogP contribution in [0.2, 0.25) is 0 Å². The molecule has 1 rings (SSSR count). The fourth-order valence-corrected chi connectivity index (χ4v) is 2.20. The molecule has 0 aromatic rings. The minimum Gasteiger partial charge on any atom is -0.480 e.